The highest BCUT2D eigenvalue weighted by Crippen LogP contribution is 2.25. The smallest absolute Gasteiger partial charge is 0.0834 e. The zero-order valence-electron chi connectivity index (χ0n) is 13.0. The zero-order chi connectivity index (χ0) is 15.0. The number of nitrogens with one attached hydrogen (secondary N) is 1. The Kier molecular flexibility index (Phi) is 8.14. The molecule has 0 saturated carbocycles. The van der Waals surface area contributed by atoms with Gasteiger partial charge in [0.2, 0.25) is 0 Å². The Bertz CT molecular complexity index is 379. The minimum absolute atomic E-state index is 0.211. The second-order valence-corrected chi connectivity index (χ2v) is 5.16. The van der Waals surface area contributed by atoms with Gasteiger partial charge in [0.05, 0.1) is 36.1 Å². The highest BCUT2D eigenvalue weighted by Gasteiger charge is 2.19. The van der Waals surface area contributed by atoms with Gasteiger partial charge in [-0.3, -0.25) is 4.68 Å². The van der Waals surface area contributed by atoms with Gasteiger partial charge in [-0.15, -0.1) is 0 Å². The third-order valence-electron chi connectivity index (χ3n) is 3.65. The standard InChI is InChI=1S/C14H27ClN4O/c1-5-18(6-2)8-7-13(16-3)14-12(15)11-17-19(14)9-10-20-4/h11,13,16H,5-10H2,1-4H3. The van der Waals surface area contributed by atoms with E-state index in [1.165, 1.54) is 0 Å². The van der Waals surface area contributed by atoms with Gasteiger partial charge in [0, 0.05) is 7.11 Å². The fraction of sp³-hybridized carbons (Fsp3) is 0.786. The summed E-state index contributed by atoms with van der Waals surface area (Å²) in [5, 5.41) is 8.42. The third kappa shape index (κ3) is 4.74. The molecule has 0 saturated heterocycles. The van der Waals surface area contributed by atoms with E-state index < -0.39 is 0 Å². The number of aromatic nitrogens is 2. The molecule has 0 radical (unpaired) electrons. The van der Waals surface area contributed by atoms with Crippen molar-refractivity contribution in [2.45, 2.75) is 32.9 Å². The molecule has 1 aromatic heterocycles. The van der Waals surface area contributed by atoms with Gasteiger partial charge in [-0.05, 0) is 33.1 Å². The molecule has 0 aliphatic heterocycles. The van der Waals surface area contributed by atoms with Crippen molar-refractivity contribution in [3.63, 3.8) is 0 Å². The fourth-order valence-electron chi connectivity index (χ4n) is 2.34. The minimum Gasteiger partial charge on any atom is -0.383 e. The molecule has 1 rings (SSSR count). The van der Waals surface area contributed by atoms with Gasteiger partial charge in [0.15, 0.2) is 0 Å². The van der Waals surface area contributed by atoms with Crippen molar-refractivity contribution in [3.8, 4) is 0 Å². The number of ether oxygens (including phenoxy) is 1. The first-order chi connectivity index (χ1) is 9.67. The van der Waals surface area contributed by atoms with Crippen molar-refractivity contribution in [1.82, 2.24) is 20.0 Å². The lowest BCUT2D eigenvalue weighted by molar-refractivity contribution is 0.181. The van der Waals surface area contributed by atoms with E-state index in [9.17, 15) is 0 Å². The fourth-order valence-corrected chi connectivity index (χ4v) is 2.62. The van der Waals surface area contributed by atoms with Crippen molar-refractivity contribution >= 4 is 11.6 Å². The molecule has 1 heterocycles. The van der Waals surface area contributed by atoms with E-state index >= 15 is 0 Å². The number of hydrogen-bond donors (Lipinski definition) is 1. The van der Waals surface area contributed by atoms with Crippen molar-refractivity contribution < 1.29 is 4.74 Å². The number of hydrogen-bond acceptors (Lipinski definition) is 4. The Morgan fingerprint density at radius 2 is 2.15 bits per heavy atom. The SMILES string of the molecule is CCN(CC)CCC(NC)c1c(Cl)cnn1CCOC. The van der Waals surface area contributed by atoms with Gasteiger partial charge in [-0.2, -0.15) is 5.10 Å². The summed E-state index contributed by atoms with van der Waals surface area (Å²) in [6.07, 6.45) is 2.73. The van der Waals surface area contributed by atoms with Crippen molar-refractivity contribution in [2.24, 2.45) is 0 Å². The van der Waals surface area contributed by atoms with Gasteiger partial charge in [0.25, 0.3) is 0 Å². The molecule has 0 amide bonds. The molecule has 0 aromatic carbocycles. The van der Waals surface area contributed by atoms with Crippen LogP contribution in [-0.2, 0) is 11.3 Å². The topological polar surface area (TPSA) is 42.3 Å². The molecule has 0 bridgehead atoms. The average molecular weight is 303 g/mol. The third-order valence-corrected chi connectivity index (χ3v) is 3.94. The normalized spacial score (nSPS) is 13.1. The molecule has 1 N–H and O–H groups in total. The summed E-state index contributed by atoms with van der Waals surface area (Å²) in [7, 11) is 3.66. The molecule has 0 spiro atoms. The summed E-state index contributed by atoms with van der Waals surface area (Å²) in [6.45, 7) is 8.93. The molecule has 5 nitrogen and oxygen atoms in total. The van der Waals surface area contributed by atoms with E-state index in [1.54, 1.807) is 13.3 Å². The molecule has 1 aromatic rings. The molecule has 0 aliphatic rings. The maximum Gasteiger partial charge on any atom is 0.0834 e. The number of halogens is 1. The lowest BCUT2D eigenvalue weighted by atomic mass is 10.1. The first-order valence-electron chi connectivity index (χ1n) is 7.27. The van der Waals surface area contributed by atoms with Gasteiger partial charge in [0.1, 0.15) is 0 Å². The summed E-state index contributed by atoms with van der Waals surface area (Å²) in [4.78, 5) is 2.41. The zero-order valence-corrected chi connectivity index (χ0v) is 13.8. The second-order valence-electron chi connectivity index (χ2n) is 4.75. The molecule has 1 atom stereocenters. The van der Waals surface area contributed by atoms with Crippen LogP contribution in [0.2, 0.25) is 5.02 Å². The Morgan fingerprint density at radius 3 is 2.70 bits per heavy atom. The van der Waals surface area contributed by atoms with Crippen LogP contribution in [-0.4, -0.2) is 55.1 Å². The van der Waals surface area contributed by atoms with E-state index in [0.717, 1.165) is 43.3 Å². The van der Waals surface area contributed by atoms with Crippen LogP contribution < -0.4 is 5.32 Å². The number of rotatable bonds is 10. The highest BCUT2D eigenvalue weighted by molar-refractivity contribution is 6.31. The first kappa shape index (κ1) is 17.4. The van der Waals surface area contributed by atoms with E-state index in [2.05, 4.69) is 29.2 Å². The van der Waals surface area contributed by atoms with Crippen LogP contribution >= 0.6 is 11.6 Å². The van der Waals surface area contributed by atoms with E-state index in [4.69, 9.17) is 16.3 Å². The first-order valence-corrected chi connectivity index (χ1v) is 7.65. The molecule has 6 heteroatoms. The highest BCUT2D eigenvalue weighted by atomic mass is 35.5. The van der Waals surface area contributed by atoms with Gasteiger partial charge in [-0.25, -0.2) is 0 Å². The molecule has 20 heavy (non-hydrogen) atoms. The number of nitrogens with zero attached hydrogens (tertiary/aromatic N) is 3. The Labute approximate surface area is 127 Å². The monoisotopic (exact) mass is 302 g/mol. The van der Waals surface area contributed by atoms with Crippen LogP contribution in [0, 0.1) is 0 Å². The van der Waals surface area contributed by atoms with Gasteiger partial charge >= 0.3 is 0 Å². The van der Waals surface area contributed by atoms with Crippen LogP contribution in [0.3, 0.4) is 0 Å². The maximum atomic E-state index is 6.30. The lowest BCUT2D eigenvalue weighted by Gasteiger charge is -2.23. The average Bonchev–Trinajstić information content (AvgIpc) is 2.83. The minimum atomic E-state index is 0.211. The van der Waals surface area contributed by atoms with Crippen LogP contribution in [0.4, 0.5) is 0 Å². The van der Waals surface area contributed by atoms with Crippen molar-refractivity contribution in [3.05, 3.63) is 16.9 Å². The van der Waals surface area contributed by atoms with Crippen LogP contribution in [0.5, 0.6) is 0 Å². The number of methoxy groups -OCH3 is 1. The van der Waals surface area contributed by atoms with Crippen LogP contribution in [0.25, 0.3) is 0 Å². The predicted octanol–water partition coefficient (Wildman–Crippen LogP) is 2.18. The molecular formula is C14H27ClN4O. The van der Waals surface area contributed by atoms with Crippen molar-refractivity contribution in [1.29, 1.82) is 0 Å². The maximum absolute atomic E-state index is 6.30. The Balaban J connectivity index is 2.75. The van der Waals surface area contributed by atoms with Gasteiger partial charge < -0.3 is 15.0 Å². The summed E-state index contributed by atoms with van der Waals surface area (Å²) in [6, 6.07) is 0.211. The van der Waals surface area contributed by atoms with Gasteiger partial charge in [-0.1, -0.05) is 25.4 Å². The molecule has 116 valence electrons. The van der Waals surface area contributed by atoms with Crippen LogP contribution in [0.1, 0.15) is 32.0 Å². The van der Waals surface area contributed by atoms with E-state index in [0.29, 0.717) is 6.61 Å². The molecule has 0 aliphatic carbocycles. The summed E-state index contributed by atoms with van der Waals surface area (Å²) in [5.74, 6) is 0. The Morgan fingerprint density at radius 1 is 1.45 bits per heavy atom. The molecular weight excluding hydrogens is 276 g/mol. The predicted molar refractivity (Wildman–Crippen MR) is 83.3 cm³/mol. The summed E-state index contributed by atoms with van der Waals surface area (Å²) < 4.78 is 7.06. The summed E-state index contributed by atoms with van der Waals surface area (Å²) in [5.41, 5.74) is 1.05. The van der Waals surface area contributed by atoms with Crippen LogP contribution in [0.15, 0.2) is 6.20 Å². The largest absolute Gasteiger partial charge is 0.383 e. The molecule has 0 fully saturated rings. The second kappa shape index (κ2) is 9.34. The van der Waals surface area contributed by atoms with Crippen molar-refractivity contribution in [2.75, 3.05) is 40.4 Å². The van der Waals surface area contributed by atoms with E-state index in [1.807, 2.05) is 11.7 Å². The lowest BCUT2D eigenvalue weighted by Crippen LogP contribution is -2.29. The molecule has 1 unspecified atom stereocenters. The summed E-state index contributed by atoms with van der Waals surface area (Å²) >= 11 is 6.30. The Hall–Kier alpha value is -0.620. The quantitative estimate of drug-likeness (QED) is 0.719. The van der Waals surface area contributed by atoms with E-state index in [-0.39, 0.29) is 6.04 Å².